The molecule has 0 rings (SSSR count). The molecule has 0 aliphatic heterocycles. The van der Waals surface area contributed by atoms with Gasteiger partial charge in [0.2, 0.25) is 0 Å². The van der Waals surface area contributed by atoms with Crippen molar-refractivity contribution >= 4 is 18.3 Å². The molecule has 0 heterocycles. The zero-order chi connectivity index (χ0) is 5.70. The van der Waals surface area contributed by atoms with Crippen molar-refractivity contribution in [2.45, 2.75) is 13.3 Å². The summed E-state index contributed by atoms with van der Waals surface area (Å²) >= 11 is 4.03. The monoisotopic (exact) mass is 117 g/mol. The maximum Gasteiger partial charge on any atom is 0.0276 e. The summed E-state index contributed by atoms with van der Waals surface area (Å²) in [6.45, 7) is 2.01. The van der Waals surface area contributed by atoms with Crippen LogP contribution in [-0.2, 0) is 0 Å². The molecule has 0 aliphatic carbocycles. The van der Waals surface area contributed by atoms with Crippen LogP contribution in [0.4, 0.5) is 0 Å². The van der Waals surface area contributed by atoms with E-state index in [1.807, 2.05) is 6.92 Å². The molecule has 0 aromatic heterocycles. The Morgan fingerprint density at radius 2 is 2.29 bits per heavy atom. The first-order valence-corrected chi connectivity index (χ1v) is 2.97. The lowest BCUT2D eigenvalue weighted by Crippen LogP contribution is -1.89. The Bertz CT molecular complexity index is 68.5. The van der Waals surface area contributed by atoms with E-state index in [2.05, 4.69) is 17.6 Å². The van der Waals surface area contributed by atoms with Crippen molar-refractivity contribution in [2.24, 2.45) is 4.99 Å². The molecule has 0 unspecified atom stereocenters. The van der Waals surface area contributed by atoms with Crippen LogP contribution in [0, 0.1) is 0 Å². The number of thiol groups is 1. The number of rotatable bonds is 2. The summed E-state index contributed by atoms with van der Waals surface area (Å²) in [5, 5.41) is 0. The predicted molar refractivity (Wildman–Crippen MR) is 37.5 cm³/mol. The quantitative estimate of drug-likeness (QED) is 0.414. The first-order chi connectivity index (χ1) is 3.31. The second-order valence-corrected chi connectivity index (χ2v) is 1.88. The van der Waals surface area contributed by atoms with Crippen LogP contribution in [-0.4, -0.2) is 18.5 Å². The number of nitrogens with zero attached hydrogens (tertiary/aromatic N) is 1. The third-order valence-corrected chi connectivity index (χ3v) is 1.08. The molecule has 0 fully saturated rings. The lowest BCUT2D eigenvalue weighted by molar-refractivity contribution is 1.25. The van der Waals surface area contributed by atoms with Crippen molar-refractivity contribution < 1.29 is 0 Å². The van der Waals surface area contributed by atoms with Crippen molar-refractivity contribution in [3.05, 3.63) is 0 Å². The van der Waals surface area contributed by atoms with Gasteiger partial charge in [0.05, 0.1) is 0 Å². The molecule has 42 valence electrons. The van der Waals surface area contributed by atoms with E-state index in [4.69, 9.17) is 0 Å². The minimum absolute atomic E-state index is 0.906. The van der Waals surface area contributed by atoms with Crippen LogP contribution in [0.25, 0.3) is 0 Å². The van der Waals surface area contributed by atoms with Gasteiger partial charge in [0.25, 0.3) is 0 Å². The molecule has 0 saturated heterocycles. The maximum absolute atomic E-state index is 4.03. The lowest BCUT2D eigenvalue weighted by Gasteiger charge is -1.89. The smallest absolute Gasteiger partial charge is 0.0276 e. The molecular formula is C5H11NS. The summed E-state index contributed by atoms with van der Waals surface area (Å²) in [5.74, 6) is 0.906. The average molecular weight is 117 g/mol. The van der Waals surface area contributed by atoms with Crippen molar-refractivity contribution in [1.82, 2.24) is 0 Å². The van der Waals surface area contributed by atoms with Gasteiger partial charge in [0.15, 0.2) is 0 Å². The van der Waals surface area contributed by atoms with Gasteiger partial charge in [0.1, 0.15) is 0 Å². The van der Waals surface area contributed by atoms with Crippen molar-refractivity contribution in [3.8, 4) is 0 Å². The van der Waals surface area contributed by atoms with Crippen LogP contribution in [0.2, 0.25) is 0 Å². The first kappa shape index (κ1) is 7.02. The molecule has 0 atom stereocenters. The number of aliphatic imine (C=N–C) groups is 1. The molecule has 7 heavy (non-hydrogen) atoms. The largest absolute Gasteiger partial charge is 0.298 e. The summed E-state index contributed by atoms with van der Waals surface area (Å²) in [6, 6.07) is 0. The van der Waals surface area contributed by atoms with E-state index in [1.54, 1.807) is 7.05 Å². The van der Waals surface area contributed by atoms with Gasteiger partial charge in [-0.25, -0.2) is 0 Å². The Morgan fingerprint density at radius 1 is 1.71 bits per heavy atom. The molecular weight excluding hydrogens is 106 g/mol. The van der Waals surface area contributed by atoms with Crippen LogP contribution in [0.1, 0.15) is 13.3 Å². The predicted octanol–water partition coefficient (Wildman–Crippen LogP) is 1.40. The van der Waals surface area contributed by atoms with Crippen molar-refractivity contribution in [3.63, 3.8) is 0 Å². The van der Waals surface area contributed by atoms with Crippen LogP contribution in [0.5, 0.6) is 0 Å². The topological polar surface area (TPSA) is 12.4 Å². The second kappa shape index (κ2) is 4.19. The van der Waals surface area contributed by atoms with Gasteiger partial charge in [-0.2, -0.15) is 12.6 Å². The van der Waals surface area contributed by atoms with E-state index < -0.39 is 0 Å². The Morgan fingerprint density at radius 3 is 2.43 bits per heavy atom. The van der Waals surface area contributed by atoms with Crippen LogP contribution in [0.3, 0.4) is 0 Å². The van der Waals surface area contributed by atoms with Crippen molar-refractivity contribution in [2.75, 3.05) is 12.8 Å². The summed E-state index contributed by atoms with van der Waals surface area (Å²) in [6.07, 6.45) is 1.01. The van der Waals surface area contributed by atoms with Gasteiger partial charge in [-0.05, 0) is 19.1 Å². The summed E-state index contributed by atoms with van der Waals surface area (Å²) in [7, 11) is 1.80. The highest BCUT2D eigenvalue weighted by molar-refractivity contribution is 7.80. The highest BCUT2D eigenvalue weighted by atomic mass is 32.1. The summed E-state index contributed by atoms with van der Waals surface area (Å²) in [4.78, 5) is 3.95. The van der Waals surface area contributed by atoms with Crippen molar-refractivity contribution in [1.29, 1.82) is 0 Å². The Kier molecular flexibility index (Phi) is 4.20. The highest BCUT2D eigenvalue weighted by Gasteiger charge is 1.82. The van der Waals surface area contributed by atoms with Gasteiger partial charge in [-0.1, -0.05) is 0 Å². The highest BCUT2D eigenvalue weighted by Crippen LogP contribution is 1.86. The lowest BCUT2D eigenvalue weighted by atomic mass is 10.3. The van der Waals surface area contributed by atoms with Gasteiger partial charge in [0, 0.05) is 12.8 Å². The van der Waals surface area contributed by atoms with Crippen LogP contribution >= 0.6 is 12.6 Å². The normalized spacial score (nSPS) is 12.1. The fourth-order valence-corrected chi connectivity index (χ4v) is 0.597. The first-order valence-electron chi connectivity index (χ1n) is 2.34. The van der Waals surface area contributed by atoms with Gasteiger partial charge in [-0.15, -0.1) is 0 Å². The second-order valence-electron chi connectivity index (χ2n) is 1.43. The molecule has 1 nitrogen and oxygen atoms in total. The Labute approximate surface area is 50.2 Å². The third kappa shape index (κ3) is 3.86. The Hall–Kier alpha value is 0.0200. The molecule has 0 saturated carbocycles. The van der Waals surface area contributed by atoms with Crippen LogP contribution in [0.15, 0.2) is 4.99 Å². The summed E-state index contributed by atoms with van der Waals surface area (Å²) in [5.41, 5.74) is 1.18. The fraction of sp³-hybridized carbons (Fsp3) is 0.800. The maximum atomic E-state index is 4.03. The average Bonchev–Trinajstić information content (AvgIpc) is 1.68. The van der Waals surface area contributed by atoms with Crippen LogP contribution < -0.4 is 0 Å². The van der Waals surface area contributed by atoms with E-state index in [9.17, 15) is 0 Å². The van der Waals surface area contributed by atoms with E-state index >= 15 is 0 Å². The molecule has 0 radical (unpaired) electrons. The third-order valence-electron chi connectivity index (χ3n) is 0.855. The Balaban J connectivity index is 3.17. The molecule has 0 bridgehead atoms. The molecule has 0 aromatic rings. The minimum Gasteiger partial charge on any atom is -0.298 e. The van der Waals surface area contributed by atoms with E-state index in [-0.39, 0.29) is 0 Å². The van der Waals surface area contributed by atoms with Gasteiger partial charge < -0.3 is 0 Å². The molecule has 0 N–H and O–H groups in total. The number of hydrogen-bond acceptors (Lipinski definition) is 2. The molecule has 0 aliphatic rings. The molecule has 0 spiro atoms. The van der Waals surface area contributed by atoms with Gasteiger partial charge in [-0.3, -0.25) is 4.99 Å². The molecule has 0 aromatic carbocycles. The molecule has 2 heteroatoms. The van der Waals surface area contributed by atoms with E-state index in [1.165, 1.54) is 5.71 Å². The van der Waals surface area contributed by atoms with E-state index in [0.717, 1.165) is 12.2 Å². The van der Waals surface area contributed by atoms with Gasteiger partial charge >= 0.3 is 0 Å². The SMILES string of the molecule is CN=C(C)CCS. The zero-order valence-corrected chi connectivity index (χ0v) is 5.70. The minimum atomic E-state index is 0.906. The number of hydrogen-bond donors (Lipinski definition) is 1. The summed E-state index contributed by atoms with van der Waals surface area (Å²) < 4.78 is 0. The van der Waals surface area contributed by atoms with E-state index in [0.29, 0.717) is 0 Å². The molecule has 0 amide bonds. The standard InChI is InChI=1S/C5H11NS/c1-5(6-2)3-4-7/h7H,3-4H2,1-2H3. The fourth-order valence-electron chi connectivity index (χ4n) is 0.274. The zero-order valence-electron chi connectivity index (χ0n) is 4.81.